The van der Waals surface area contributed by atoms with Gasteiger partial charge >= 0.3 is 0 Å². The summed E-state index contributed by atoms with van der Waals surface area (Å²) in [5.74, 6) is 1.29. The van der Waals surface area contributed by atoms with Gasteiger partial charge in [0.25, 0.3) is 0 Å². The third-order valence-electron chi connectivity index (χ3n) is 3.00. The van der Waals surface area contributed by atoms with Gasteiger partial charge in [-0.15, -0.1) is 11.6 Å². The summed E-state index contributed by atoms with van der Waals surface area (Å²) >= 11 is 5.91. The summed E-state index contributed by atoms with van der Waals surface area (Å²) in [4.78, 5) is 4.47. The van der Waals surface area contributed by atoms with E-state index in [1.807, 2.05) is 23.6 Å². The van der Waals surface area contributed by atoms with Gasteiger partial charge in [-0.3, -0.25) is 0 Å². The Hall–Kier alpha value is -1.07. The Morgan fingerprint density at radius 1 is 1.37 bits per heavy atom. The molecule has 0 amide bonds. The van der Waals surface area contributed by atoms with Gasteiger partial charge in [-0.25, -0.2) is 13.4 Å². The Bertz CT molecular complexity index is 692. The van der Waals surface area contributed by atoms with Gasteiger partial charge in [0.05, 0.1) is 22.7 Å². The first-order valence-corrected chi connectivity index (χ1v) is 8.69. The second-order valence-electron chi connectivity index (χ2n) is 4.79. The summed E-state index contributed by atoms with van der Waals surface area (Å²) in [5.41, 5.74) is 3.07. The van der Waals surface area contributed by atoms with E-state index in [1.165, 1.54) is 6.26 Å². The largest absolute Gasteiger partial charge is 0.327 e. The Balaban J connectivity index is 2.32. The highest BCUT2D eigenvalue weighted by molar-refractivity contribution is 7.90. The molecule has 0 unspecified atom stereocenters. The van der Waals surface area contributed by atoms with Crippen molar-refractivity contribution in [2.75, 3.05) is 12.0 Å². The minimum absolute atomic E-state index is 0.181. The molecule has 0 bridgehead atoms. The van der Waals surface area contributed by atoms with Crippen LogP contribution < -0.4 is 0 Å². The lowest BCUT2D eigenvalue weighted by Gasteiger charge is -2.07. The fourth-order valence-electron chi connectivity index (χ4n) is 2.12. The predicted molar refractivity (Wildman–Crippen MR) is 78.4 cm³/mol. The Labute approximate surface area is 118 Å². The molecule has 0 saturated heterocycles. The molecule has 0 N–H and O–H groups in total. The fourth-order valence-corrected chi connectivity index (χ4v) is 2.98. The zero-order valence-corrected chi connectivity index (χ0v) is 12.6. The molecular formula is C13H17ClN2O2S. The molecule has 0 atom stereocenters. The van der Waals surface area contributed by atoms with E-state index in [2.05, 4.69) is 11.1 Å². The van der Waals surface area contributed by atoms with Gasteiger partial charge in [-0.1, -0.05) is 6.07 Å². The lowest BCUT2D eigenvalue weighted by atomic mass is 10.2. The van der Waals surface area contributed by atoms with Gasteiger partial charge in [0.1, 0.15) is 15.7 Å². The van der Waals surface area contributed by atoms with Crippen molar-refractivity contribution in [2.45, 2.75) is 25.8 Å². The summed E-state index contributed by atoms with van der Waals surface area (Å²) < 4.78 is 24.4. The quantitative estimate of drug-likeness (QED) is 0.797. The van der Waals surface area contributed by atoms with Gasteiger partial charge < -0.3 is 4.57 Å². The van der Waals surface area contributed by atoms with Crippen LogP contribution >= 0.6 is 11.6 Å². The molecule has 0 aliphatic carbocycles. The maximum atomic E-state index is 11.2. The second kappa shape index (κ2) is 5.51. The molecule has 19 heavy (non-hydrogen) atoms. The number of aromatic nitrogens is 2. The first kappa shape index (κ1) is 14.3. The monoisotopic (exact) mass is 300 g/mol. The molecule has 6 heteroatoms. The average Bonchev–Trinajstić information content (AvgIpc) is 2.65. The molecule has 104 valence electrons. The van der Waals surface area contributed by atoms with Crippen LogP contribution in [0.15, 0.2) is 18.2 Å². The molecule has 0 aliphatic rings. The SMILES string of the molecule is Cc1ccc2nc(CCl)n(CCCS(C)(=O)=O)c2c1. The van der Waals surface area contributed by atoms with Crippen LogP contribution in [0.5, 0.6) is 0 Å². The van der Waals surface area contributed by atoms with Crippen LogP contribution in [0.25, 0.3) is 11.0 Å². The van der Waals surface area contributed by atoms with Crippen LogP contribution in [-0.2, 0) is 22.3 Å². The third kappa shape index (κ3) is 3.48. The van der Waals surface area contributed by atoms with E-state index in [0.717, 1.165) is 22.4 Å². The highest BCUT2D eigenvalue weighted by Crippen LogP contribution is 2.19. The lowest BCUT2D eigenvalue weighted by Crippen LogP contribution is -2.09. The minimum Gasteiger partial charge on any atom is -0.327 e. The number of rotatable bonds is 5. The molecule has 1 aromatic carbocycles. The topological polar surface area (TPSA) is 52.0 Å². The molecular weight excluding hydrogens is 284 g/mol. The van der Waals surface area contributed by atoms with Crippen molar-refractivity contribution < 1.29 is 8.42 Å². The molecule has 1 heterocycles. The Kier molecular flexibility index (Phi) is 4.16. The van der Waals surface area contributed by atoms with Gasteiger partial charge in [-0.2, -0.15) is 0 Å². The van der Waals surface area contributed by atoms with Crippen molar-refractivity contribution in [3.63, 3.8) is 0 Å². The highest BCUT2D eigenvalue weighted by atomic mass is 35.5. The van der Waals surface area contributed by atoms with Crippen LogP contribution in [0.1, 0.15) is 17.8 Å². The number of halogens is 1. The van der Waals surface area contributed by atoms with E-state index in [4.69, 9.17) is 11.6 Å². The standard InChI is InChI=1S/C13H17ClN2O2S/c1-10-4-5-11-12(8-10)16(13(9-14)15-11)6-3-7-19(2,17)18/h4-5,8H,3,6-7,9H2,1-2H3. The van der Waals surface area contributed by atoms with E-state index in [1.54, 1.807) is 0 Å². The number of benzene rings is 1. The summed E-state index contributed by atoms with van der Waals surface area (Å²) in [6.07, 6.45) is 1.83. The zero-order chi connectivity index (χ0) is 14.0. The van der Waals surface area contributed by atoms with E-state index < -0.39 is 9.84 Å². The molecule has 0 fully saturated rings. The lowest BCUT2D eigenvalue weighted by molar-refractivity contribution is 0.591. The highest BCUT2D eigenvalue weighted by Gasteiger charge is 2.11. The Morgan fingerprint density at radius 2 is 2.11 bits per heavy atom. The maximum Gasteiger partial charge on any atom is 0.147 e. The second-order valence-corrected chi connectivity index (χ2v) is 7.32. The zero-order valence-electron chi connectivity index (χ0n) is 11.1. The van der Waals surface area contributed by atoms with E-state index in [0.29, 0.717) is 18.8 Å². The Morgan fingerprint density at radius 3 is 2.74 bits per heavy atom. The number of fused-ring (bicyclic) bond motifs is 1. The van der Waals surface area contributed by atoms with Gasteiger partial charge in [0, 0.05) is 12.8 Å². The number of hydrogen-bond acceptors (Lipinski definition) is 3. The van der Waals surface area contributed by atoms with Crippen molar-refractivity contribution in [1.82, 2.24) is 9.55 Å². The number of hydrogen-bond donors (Lipinski definition) is 0. The number of nitrogens with zero attached hydrogens (tertiary/aromatic N) is 2. The summed E-state index contributed by atoms with van der Waals surface area (Å²) in [6.45, 7) is 2.64. The first-order valence-electron chi connectivity index (χ1n) is 6.10. The predicted octanol–water partition coefficient (Wildman–Crippen LogP) is 2.52. The van der Waals surface area contributed by atoms with Gasteiger partial charge in [-0.05, 0) is 31.0 Å². The summed E-state index contributed by atoms with van der Waals surface area (Å²) in [7, 11) is -2.93. The van der Waals surface area contributed by atoms with Crippen LogP contribution in [0.2, 0.25) is 0 Å². The van der Waals surface area contributed by atoms with E-state index >= 15 is 0 Å². The van der Waals surface area contributed by atoms with Crippen LogP contribution in [0, 0.1) is 6.92 Å². The first-order chi connectivity index (χ1) is 8.90. The number of alkyl halides is 1. The fraction of sp³-hybridized carbons (Fsp3) is 0.462. The number of sulfone groups is 1. The van der Waals surface area contributed by atoms with E-state index in [9.17, 15) is 8.42 Å². The van der Waals surface area contributed by atoms with Gasteiger partial charge in [0.15, 0.2) is 0 Å². The molecule has 0 spiro atoms. The summed E-state index contributed by atoms with van der Waals surface area (Å²) in [6, 6.07) is 6.03. The van der Waals surface area contributed by atoms with E-state index in [-0.39, 0.29) is 5.75 Å². The van der Waals surface area contributed by atoms with Crippen LogP contribution in [-0.4, -0.2) is 30.0 Å². The third-order valence-corrected chi connectivity index (χ3v) is 4.27. The van der Waals surface area contributed by atoms with Crippen molar-refractivity contribution in [2.24, 2.45) is 0 Å². The molecule has 0 aliphatic heterocycles. The number of aryl methyl sites for hydroxylation is 2. The van der Waals surface area contributed by atoms with Crippen molar-refractivity contribution in [1.29, 1.82) is 0 Å². The van der Waals surface area contributed by atoms with Crippen molar-refractivity contribution in [3.8, 4) is 0 Å². The van der Waals surface area contributed by atoms with Crippen LogP contribution in [0.4, 0.5) is 0 Å². The molecule has 2 rings (SSSR count). The summed E-state index contributed by atoms with van der Waals surface area (Å²) in [5, 5.41) is 0. The molecule has 4 nitrogen and oxygen atoms in total. The minimum atomic E-state index is -2.93. The number of imidazole rings is 1. The van der Waals surface area contributed by atoms with Crippen molar-refractivity contribution in [3.05, 3.63) is 29.6 Å². The molecule has 0 saturated carbocycles. The van der Waals surface area contributed by atoms with Crippen LogP contribution in [0.3, 0.4) is 0 Å². The molecule has 2 aromatic rings. The van der Waals surface area contributed by atoms with Crippen molar-refractivity contribution >= 4 is 32.5 Å². The molecule has 0 radical (unpaired) electrons. The maximum absolute atomic E-state index is 11.2. The molecule has 1 aromatic heterocycles. The van der Waals surface area contributed by atoms with Gasteiger partial charge in [0.2, 0.25) is 0 Å². The normalized spacial score (nSPS) is 12.2. The average molecular weight is 301 g/mol. The smallest absolute Gasteiger partial charge is 0.147 e.